The minimum Gasteiger partial charge on any atom is -1.00 e. The van der Waals surface area contributed by atoms with E-state index < -0.39 is 31.3 Å². The molecule has 4 aliphatic heterocycles. The molecule has 0 saturated heterocycles. The molecular formula is C116H174AlCaMgO17P4Zn. The maximum Gasteiger partial charge on any atom is 2.00 e. The predicted octanol–water partition coefficient (Wildman–Crippen LogP) is 30.6. The third kappa shape index (κ3) is 31.4. The van der Waals surface area contributed by atoms with Gasteiger partial charge in [-0.05, 0) is 176 Å². The number of fused-ring (bicyclic) bond motifs is 8. The Labute approximate surface area is 921 Å². The van der Waals surface area contributed by atoms with Gasteiger partial charge in [0.15, 0.2) is 0 Å². The molecule has 0 fully saturated rings. The molecule has 4 aliphatic rings. The number of phosphoric ester groups is 4. The van der Waals surface area contributed by atoms with Crippen molar-refractivity contribution in [2.24, 2.45) is 0 Å². The zero-order valence-electron chi connectivity index (χ0n) is 97.8. The molecule has 0 aromatic heterocycles. The molecule has 17 nitrogen and oxygen atoms in total. The molecule has 1 radical (unpaired) electrons. The predicted molar refractivity (Wildman–Crippen MR) is 585 cm³/mol. The minimum absolute atomic E-state index is 0. The molecule has 0 aliphatic carbocycles. The van der Waals surface area contributed by atoms with Crippen LogP contribution >= 0.6 is 31.3 Å². The maximum atomic E-state index is 14.0. The van der Waals surface area contributed by atoms with E-state index in [0.717, 1.165) is 128 Å². The van der Waals surface area contributed by atoms with Crippen LogP contribution in [0.4, 0.5) is 0 Å². The molecular weight excluding hydrogens is 1950 g/mol. The van der Waals surface area contributed by atoms with E-state index in [1.54, 1.807) is 0 Å². The normalized spacial score (nSPS) is 16.0. The van der Waals surface area contributed by atoms with Crippen LogP contribution in [0.2, 0.25) is 0 Å². The van der Waals surface area contributed by atoms with Gasteiger partial charge in [0, 0.05) is 89.7 Å². The Morgan fingerprint density at radius 3 is 0.461 bits per heavy atom. The summed E-state index contributed by atoms with van der Waals surface area (Å²) in [5, 5.41) is 0. The van der Waals surface area contributed by atoms with Gasteiger partial charge in [-0.1, -0.05) is 429 Å². The summed E-state index contributed by atoms with van der Waals surface area (Å²) in [5.41, 5.74) is 21.3. The monoisotopic (exact) mass is 2120 g/mol. The van der Waals surface area contributed by atoms with Gasteiger partial charge in [-0.2, -0.15) is 0 Å². The van der Waals surface area contributed by atoms with E-state index in [4.69, 9.17) is 39.8 Å². The molecule has 0 atom stereocenters. The zero-order valence-corrected chi connectivity index (χ0v) is 107. The Hall–Kier alpha value is -3.94. The molecule has 141 heavy (non-hydrogen) atoms. The van der Waals surface area contributed by atoms with Crippen LogP contribution in [0.5, 0.6) is 46.0 Å². The molecule has 12 rings (SSSR count). The number of phosphoric acid groups is 4. The van der Waals surface area contributed by atoms with Crippen LogP contribution in [0.1, 0.15) is 469 Å². The van der Waals surface area contributed by atoms with Crippen molar-refractivity contribution in [1.82, 2.24) is 0 Å². The van der Waals surface area contributed by atoms with Gasteiger partial charge in [0.1, 0.15) is 46.0 Å². The zero-order chi connectivity index (χ0) is 105. The fourth-order valence-electron chi connectivity index (χ4n) is 17.2. The maximum absolute atomic E-state index is 14.0. The number of hydrogen-bond donors (Lipinski definition) is 1. The Kier molecular flexibility index (Phi) is 38.6. The molecule has 3 N–H and O–H groups in total. The Morgan fingerprint density at radius 2 is 0.355 bits per heavy atom. The van der Waals surface area contributed by atoms with Gasteiger partial charge in [0.25, 0.3) is 0 Å². The molecule has 769 valence electrons. The standard InChI is InChI=1S/4C29H43O4P.Al.Ca.Mg.H2O.Zn.3H/c4*1-26(2,3)20-14-18-13-19-15-21(27(4,5)6)17-23(29(10,11)12)25(19)33-34(30,31)32-24(18)22(16-20)28(7,8)9;;;;;;;;/h4*14-17H,13H2,1-12H3,(H,30,31);;;;1H2;;;;/q;;;;+1;2*+2;;;;2*-1/p-3. The van der Waals surface area contributed by atoms with Crippen molar-refractivity contribution in [2.75, 3.05) is 0 Å². The fraction of sp³-hybridized carbons (Fsp3) is 0.586. The molecule has 0 spiro atoms. The molecule has 0 unspecified atom stereocenters. The van der Waals surface area contributed by atoms with Crippen molar-refractivity contribution >= 4 is 109 Å². The van der Waals surface area contributed by atoms with Crippen LogP contribution in [0.3, 0.4) is 0 Å². The van der Waals surface area contributed by atoms with Crippen molar-refractivity contribution < 1.29 is 101 Å². The van der Waals surface area contributed by atoms with E-state index in [9.17, 15) is 32.9 Å². The smallest absolute Gasteiger partial charge is 1.00 e. The Bertz CT molecular complexity index is 5360. The van der Waals surface area contributed by atoms with Crippen LogP contribution in [0.25, 0.3) is 0 Å². The SMILES string of the molecule is CC(C)(C)c1cc2c(c(C(C)(C)C)c1)OP(=O)(O)Oc1c(cc(C(C)(C)C)cc1C(C)(C)C)C2.CC(C)(C)c1cc2c(c(C(C)(C)C)c1)OP(=O)([O-])Oc1c(cc(C(C)(C)C)cc1C(C)(C)C)C2.CC(C)(C)c1cc2c(c(C(C)(C)C)c1)OP(=O)([O-])Oc1c(cc(C(C)(C)C)cc1C(C)(C)C)C2.CC(C)(C)c1cc2c(c(C(C)(C)C)c1)OP(=O)([O][AlH])Oc1c(cc(C(C)(C)C)cc1C(C)(C)C)C2.O.[Ca+2].[H-].[H-].[Mg+2].[Zn]. The molecule has 0 bridgehead atoms. The van der Waals surface area contributed by atoms with Crippen LogP contribution in [-0.4, -0.2) is 87.8 Å². The van der Waals surface area contributed by atoms with E-state index in [0.29, 0.717) is 71.7 Å². The summed E-state index contributed by atoms with van der Waals surface area (Å²) in [4.78, 5) is 37.4. The Morgan fingerprint density at radius 1 is 0.241 bits per heavy atom. The van der Waals surface area contributed by atoms with E-state index >= 15 is 0 Å². The third-order valence-corrected chi connectivity index (χ3v) is 30.6. The first kappa shape index (κ1) is 128. The molecule has 0 saturated carbocycles. The van der Waals surface area contributed by atoms with Crippen molar-refractivity contribution in [1.29, 1.82) is 0 Å². The van der Waals surface area contributed by atoms with E-state index in [1.807, 2.05) is 0 Å². The molecule has 25 heteroatoms. The number of rotatable bonds is 1. The summed E-state index contributed by atoms with van der Waals surface area (Å²) in [5.74, 6) is 3.79. The molecule has 4 heterocycles. The van der Waals surface area contributed by atoms with Gasteiger partial charge < -0.3 is 57.9 Å². The fourth-order valence-corrected chi connectivity index (χ4v) is 21.3. The Balaban J connectivity index is 0.000000483. The largest absolute Gasteiger partial charge is 2.00 e. The van der Waals surface area contributed by atoms with Crippen molar-refractivity contribution in [3.05, 3.63) is 231 Å². The van der Waals surface area contributed by atoms with Gasteiger partial charge >= 0.3 is 109 Å². The molecule has 8 aromatic carbocycles. The average molecular weight is 2120 g/mol. The second-order valence-corrected chi connectivity index (χ2v) is 61.6. The van der Waals surface area contributed by atoms with E-state index in [-0.39, 0.29) is 175 Å². The van der Waals surface area contributed by atoms with Gasteiger partial charge in [0.2, 0.25) is 0 Å². The van der Waals surface area contributed by atoms with Crippen molar-refractivity contribution in [3.8, 4) is 46.0 Å². The second kappa shape index (κ2) is 42.7. The van der Waals surface area contributed by atoms with Crippen LogP contribution in [-0.2, 0) is 154 Å². The molecule has 8 aromatic rings. The van der Waals surface area contributed by atoms with Crippen LogP contribution in [0.15, 0.2) is 97.1 Å². The third-order valence-electron chi connectivity index (χ3n) is 26.0. The summed E-state index contributed by atoms with van der Waals surface area (Å²) in [6, 6.07) is 34.1. The van der Waals surface area contributed by atoms with Crippen molar-refractivity contribution in [2.45, 2.75) is 445 Å². The first-order chi connectivity index (χ1) is 60.9. The first-order valence-corrected chi connectivity index (χ1v) is 55.4. The summed E-state index contributed by atoms with van der Waals surface area (Å²) in [6.07, 6.45) is 2.25. The summed E-state index contributed by atoms with van der Waals surface area (Å²) >= 11 is 1.16. The summed E-state index contributed by atoms with van der Waals surface area (Å²) in [7, 11) is -17.7. The quantitative estimate of drug-likeness (QED) is 0.118. The first-order valence-electron chi connectivity index (χ1n) is 48.9. The van der Waals surface area contributed by atoms with Crippen LogP contribution in [0, 0.1) is 0 Å². The van der Waals surface area contributed by atoms with Gasteiger partial charge in [0.05, 0.1) is 0 Å². The second-order valence-electron chi connectivity index (χ2n) is 55.5. The summed E-state index contributed by atoms with van der Waals surface area (Å²) in [6.45, 7) is 103. The molecule has 0 amide bonds. The van der Waals surface area contributed by atoms with Gasteiger partial charge in [-0.25, -0.2) is 18.3 Å². The van der Waals surface area contributed by atoms with Crippen LogP contribution < -0.4 is 46.0 Å². The van der Waals surface area contributed by atoms with E-state index in [2.05, 4.69) is 429 Å². The minimum atomic E-state index is -4.68. The van der Waals surface area contributed by atoms with Gasteiger partial charge in [-0.15, -0.1) is 0 Å². The van der Waals surface area contributed by atoms with Crippen molar-refractivity contribution in [3.63, 3.8) is 0 Å². The topological polar surface area (TPSA) is 249 Å². The number of hydrogen-bond acceptors (Lipinski definition) is 15. The van der Waals surface area contributed by atoms with Gasteiger partial charge in [-0.3, -0.25) is 4.89 Å². The number of benzene rings is 8. The summed E-state index contributed by atoms with van der Waals surface area (Å²) < 4.78 is 107. The average Bonchev–Trinajstić information content (AvgIpc) is 0.748. The van der Waals surface area contributed by atoms with E-state index in [1.165, 1.54) is 22.3 Å².